The summed E-state index contributed by atoms with van der Waals surface area (Å²) < 4.78 is 0. The van der Waals surface area contributed by atoms with Gasteiger partial charge in [0.1, 0.15) is 5.54 Å². The Balaban J connectivity index is 3.20. The molecule has 0 aliphatic heterocycles. The van der Waals surface area contributed by atoms with Crippen LogP contribution < -0.4 is 16.0 Å². The van der Waals surface area contributed by atoms with Gasteiger partial charge in [-0.15, -0.1) is 6.58 Å². The minimum Gasteiger partial charge on any atom is -0.465 e. The van der Waals surface area contributed by atoms with Crippen LogP contribution in [0.15, 0.2) is 12.7 Å². The Labute approximate surface area is 130 Å². The molecule has 22 heavy (non-hydrogen) atoms. The molecule has 3 atom stereocenters. The zero-order valence-electron chi connectivity index (χ0n) is 13.5. The van der Waals surface area contributed by atoms with E-state index in [1.165, 1.54) is 6.92 Å². The highest BCUT2D eigenvalue weighted by Gasteiger charge is 2.54. The molecule has 7 heteroatoms. The Hall–Kier alpha value is -2.05. The van der Waals surface area contributed by atoms with Crippen LogP contribution in [0.1, 0.15) is 40.5 Å². The summed E-state index contributed by atoms with van der Waals surface area (Å²) in [7, 11) is 0. The first kappa shape index (κ1) is 18.0. The van der Waals surface area contributed by atoms with Crippen LogP contribution in [-0.4, -0.2) is 40.1 Å². The number of hydrogen-bond acceptors (Lipinski definition) is 3. The van der Waals surface area contributed by atoms with E-state index in [2.05, 4.69) is 22.5 Å². The van der Waals surface area contributed by atoms with Gasteiger partial charge in [-0.3, -0.25) is 9.59 Å². The summed E-state index contributed by atoms with van der Waals surface area (Å²) in [6.45, 7) is 10.5. The maximum atomic E-state index is 12.8. The molecule has 0 aromatic heterocycles. The van der Waals surface area contributed by atoms with Gasteiger partial charge < -0.3 is 21.1 Å². The average molecular weight is 311 g/mol. The van der Waals surface area contributed by atoms with Crippen molar-refractivity contribution in [3.05, 3.63) is 12.7 Å². The Kier molecular flexibility index (Phi) is 5.22. The van der Waals surface area contributed by atoms with Gasteiger partial charge in [-0.1, -0.05) is 6.08 Å². The first-order valence-corrected chi connectivity index (χ1v) is 7.23. The molecule has 0 aromatic carbocycles. The molecule has 0 saturated heterocycles. The van der Waals surface area contributed by atoms with Gasteiger partial charge in [-0.2, -0.15) is 0 Å². The monoisotopic (exact) mass is 311 g/mol. The smallest absolute Gasteiger partial charge is 0.404 e. The van der Waals surface area contributed by atoms with Gasteiger partial charge in [-0.05, 0) is 39.5 Å². The van der Waals surface area contributed by atoms with E-state index in [9.17, 15) is 14.4 Å². The average Bonchev–Trinajstić information content (AvgIpc) is 2.65. The van der Waals surface area contributed by atoms with E-state index in [4.69, 9.17) is 5.11 Å². The maximum Gasteiger partial charge on any atom is 0.404 e. The van der Waals surface area contributed by atoms with Crippen molar-refractivity contribution < 1.29 is 19.5 Å². The van der Waals surface area contributed by atoms with E-state index < -0.39 is 29.1 Å². The largest absolute Gasteiger partial charge is 0.465 e. The fourth-order valence-electron chi connectivity index (χ4n) is 2.87. The summed E-state index contributed by atoms with van der Waals surface area (Å²) in [4.78, 5) is 35.4. The van der Waals surface area contributed by atoms with Gasteiger partial charge in [0.15, 0.2) is 0 Å². The lowest BCUT2D eigenvalue weighted by Crippen LogP contribution is -2.68. The number of rotatable bonds is 4. The fourth-order valence-corrected chi connectivity index (χ4v) is 2.87. The second-order valence-electron chi connectivity index (χ2n) is 6.79. The zero-order valence-corrected chi connectivity index (χ0v) is 13.5. The highest BCUT2D eigenvalue weighted by atomic mass is 16.4. The summed E-state index contributed by atoms with van der Waals surface area (Å²) in [5.41, 5.74) is -1.81. The van der Waals surface area contributed by atoms with Crippen LogP contribution in [0, 0.1) is 5.92 Å². The highest BCUT2D eigenvalue weighted by Crippen LogP contribution is 2.36. The molecule has 1 saturated carbocycles. The van der Waals surface area contributed by atoms with Gasteiger partial charge in [0.05, 0.1) is 6.04 Å². The third-order valence-electron chi connectivity index (χ3n) is 3.64. The molecule has 1 fully saturated rings. The van der Waals surface area contributed by atoms with Crippen molar-refractivity contribution in [3.63, 3.8) is 0 Å². The summed E-state index contributed by atoms with van der Waals surface area (Å²) in [5, 5.41) is 16.9. The third-order valence-corrected chi connectivity index (χ3v) is 3.64. The predicted molar refractivity (Wildman–Crippen MR) is 82.3 cm³/mol. The molecule has 1 rings (SSSR count). The van der Waals surface area contributed by atoms with Crippen LogP contribution in [0.5, 0.6) is 0 Å². The van der Waals surface area contributed by atoms with Gasteiger partial charge in [0, 0.05) is 12.5 Å². The molecule has 0 radical (unpaired) electrons. The lowest BCUT2D eigenvalue weighted by Gasteiger charge is -2.37. The first-order chi connectivity index (χ1) is 10.00. The van der Waals surface area contributed by atoms with Crippen LogP contribution >= 0.6 is 0 Å². The minimum atomic E-state index is -1.31. The third kappa shape index (κ3) is 4.22. The van der Waals surface area contributed by atoms with Crippen molar-refractivity contribution in [2.24, 2.45) is 5.92 Å². The van der Waals surface area contributed by atoms with Crippen LogP contribution in [0.4, 0.5) is 4.79 Å². The van der Waals surface area contributed by atoms with Crippen LogP contribution in [0.25, 0.3) is 0 Å². The van der Waals surface area contributed by atoms with E-state index in [-0.39, 0.29) is 11.8 Å². The number of allylic oxidation sites excluding steroid dienone is 1. The van der Waals surface area contributed by atoms with Crippen LogP contribution in [0.2, 0.25) is 0 Å². The maximum absolute atomic E-state index is 12.8. The lowest BCUT2D eigenvalue weighted by atomic mass is 9.89. The summed E-state index contributed by atoms with van der Waals surface area (Å²) >= 11 is 0. The van der Waals surface area contributed by atoms with E-state index in [0.29, 0.717) is 12.8 Å². The Morgan fingerprint density at radius 2 is 1.91 bits per heavy atom. The van der Waals surface area contributed by atoms with Gasteiger partial charge in [0.2, 0.25) is 11.8 Å². The second-order valence-corrected chi connectivity index (χ2v) is 6.79. The normalized spacial score (nSPS) is 27.8. The minimum absolute atomic E-state index is 0.0607. The summed E-state index contributed by atoms with van der Waals surface area (Å²) in [6, 6.07) is -0.709. The number of carbonyl (C=O) groups excluding carboxylic acids is 2. The van der Waals surface area contributed by atoms with Crippen molar-refractivity contribution in [1.29, 1.82) is 0 Å². The van der Waals surface area contributed by atoms with Gasteiger partial charge in [0.25, 0.3) is 0 Å². The number of carboxylic acid groups (broad SMARTS) is 1. The number of carbonyl (C=O) groups is 3. The van der Waals surface area contributed by atoms with Gasteiger partial charge >= 0.3 is 6.09 Å². The molecular weight excluding hydrogens is 286 g/mol. The van der Waals surface area contributed by atoms with Crippen molar-refractivity contribution in [1.82, 2.24) is 16.0 Å². The standard InChI is InChI=1S/C15H25N3O4/c1-6-10-7-11(16-13(21)22)15(8-10,17-9(2)19)12(20)18-14(3,4)5/h6,10-11,16H,1,7-8H2,2-5H3,(H,17,19)(H,18,20)(H,21,22). The Morgan fingerprint density at radius 3 is 2.32 bits per heavy atom. The van der Waals surface area contributed by atoms with Crippen molar-refractivity contribution in [2.75, 3.05) is 0 Å². The zero-order chi connectivity index (χ0) is 17.1. The number of amides is 3. The second kappa shape index (κ2) is 6.37. The molecule has 1 aliphatic carbocycles. The summed E-state index contributed by atoms with van der Waals surface area (Å²) in [5.74, 6) is -0.835. The van der Waals surface area contributed by atoms with E-state index in [1.54, 1.807) is 6.08 Å². The first-order valence-electron chi connectivity index (χ1n) is 7.23. The fraction of sp³-hybridized carbons (Fsp3) is 0.667. The van der Waals surface area contributed by atoms with Crippen molar-refractivity contribution in [3.8, 4) is 0 Å². The Bertz CT molecular complexity index is 484. The molecule has 3 amide bonds. The van der Waals surface area contributed by atoms with Gasteiger partial charge in [-0.25, -0.2) is 4.79 Å². The SMILES string of the molecule is C=CC1CC(NC(=O)O)C(NC(C)=O)(C(=O)NC(C)(C)C)C1. The molecule has 0 heterocycles. The molecule has 0 spiro atoms. The van der Waals surface area contributed by atoms with E-state index in [1.807, 2.05) is 20.8 Å². The quantitative estimate of drug-likeness (QED) is 0.581. The Morgan fingerprint density at radius 1 is 1.32 bits per heavy atom. The molecule has 124 valence electrons. The molecule has 1 aliphatic rings. The molecule has 4 N–H and O–H groups in total. The van der Waals surface area contributed by atoms with E-state index in [0.717, 1.165) is 0 Å². The topological polar surface area (TPSA) is 108 Å². The lowest BCUT2D eigenvalue weighted by molar-refractivity contribution is -0.134. The molecule has 0 aromatic rings. The van der Waals surface area contributed by atoms with Crippen LogP contribution in [-0.2, 0) is 9.59 Å². The number of hydrogen-bond donors (Lipinski definition) is 4. The molecule has 7 nitrogen and oxygen atoms in total. The summed E-state index contributed by atoms with van der Waals surface area (Å²) in [6.07, 6.45) is 1.18. The predicted octanol–water partition coefficient (Wildman–Crippen LogP) is 1.01. The number of nitrogens with one attached hydrogen (secondary N) is 3. The van der Waals surface area contributed by atoms with E-state index >= 15 is 0 Å². The highest BCUT2D eigenvalue weighted by molar-refractivity contribution is 5.93. The van der Waals surface area contributed by atoms with Crippen molar-refractivity contribution >= 4 is 17.9 Å². The molecular formula is C15H25N3O4. The molecule has 0 bridgehead atoms. The molecule has 3 unspecified atom stereocenters. The van der Waals surface area contributed by atoms with Crippen molar-refractivity contribution in [2.45, 2.75) is 57.7 Å². The van der Waals surface area contributed by atoms with Crippen LogP contribution in [0.3, 0.4) is 0 Å².